The molecule has 2 aliphatic rings. The zero-order valence-electron chi connectivity index (χ0n) is 14.0. The second kappa shape index (κ2) is 7.19. The molecule has 3 atom stereocenters. The minimum atomic E-state index is 0.0835. The number of nitrogens with one attached hydrogen (secondary N) is 1. The summed E-state index contributed by atoms with van der Waals surface area (Å²) in [7, 11) is 0. The minimum absolute atomic E-state index is 0.0835. The molecule has 0 unspecified atom stereocenters. The zero-order valence-corrected chi connectivity index (χ0v) is 14.0. The van der Waals surface area contributed by atoms with Crippen LogP contribution in [0.1, 0.15) is 16.8 Å². The third-order valence-corrected chi connectivity index (χ3v) is 5.14. The summed E-state index contributed by atoms with van der Waals surface area (Å²) in [6.45, 7) is 3.00. The van der Waals surface area contributed by atoms with Crippen LogP contribution in [0.2, 0.25) is 0 Å². The van der Waals surface area contributed by atoms with E-state index in [-0.39, 0.29) is 12.0 Å². The van der Waals surface area contributed by atoms with Crippen LogP contribution < -0.4 is 5.32 Å². The van der Waals surface area contributed by atoms with Crippen molar-refractivity contribution < 1.29 is 9.53 Å². The number of hydrogen-bond donors (Lipinski definition) is 1. The first-order valence-electron chi connectivity index (χ1n) is 8.78. The SMILES string of the molecule is O=C(c1ccccc1)N1CC[C@@H]2CO[C@@H](CNc3ncccn3)[C@@H]2C1. The van der Waals surface area contributed by atoms with Gasteiger partial charge in [-0.1, -0.05) is 18.2 Å². The minimum Gasteiger partial charge on any atom is -0.376 e. The molecule has 0 radical (unpaired) electrons. The molecule has 2 aliphatic heterocycles. The zero-order chi connectivity index (χ0) is 17.1. The largest absolute Gasteiger partial charge is 0.376 e. The van der Waals surface area contributed by atoms with Gasteiger partial charge in [0.25, 0.3) is 5.91 Å². The van der Waals surface area contributed by atoms with Gasteiger partial charge < -0.3 is 15.0 Å². The first-order chi connectivity index (χ1) is 12.3. The molecule has 2 saturated heterocycles. The van der Waals surface area contributed by atoms with Gasteiger partial charge in [-0.2, -0.15) is 0 Å². The average Bonchev–Trinajstić information content (AvgIpc) is 3.09. The van der Waals surface area contributed by atoms with Crippen molar-refractivity contribution in [3.63, 3.8) is 0 Å². The molecule has 6 nitrogen and oxygen atoms in total. The van der Waals surface area contributed by atoms with Gasteiger partial charge in [-0.15, -0.1) is 0 Å². The highest BCUT2D eigenvalue weighted by atomic mass is 16.5. The van der Waals surface area contributed by atoms with E-state index in [1.807, 2.05) is 35.2 Å². The van der Waals surface area contributed by atoms with E-state index in [1.165, 1.54) is 0 Å². The highest BCUT2D eigenvalue weighted by Crippen LogP contribution is 2.34. The number of anilines is 1. The first kappa shape index (κ1) is 16.0. The smallest absolute Gasteiger partial charge is 0.253 e. The Bertz CT molecular complexity index is 710. The predicted octanol–water partition coefficient (Wildman–Crippen LogP) is 2.07. The molecule has 0 saturated carbocycles. The maximum Gasteiger partial charge on any atom is 0.253 e. The van der Waals surface area contributed by atoms with Crippen LogP contribution in [0.15, 0.2) is 48.8 Å². The second-order valence-electron chi connectivity index (χ2n) is 6.65. The molecular weight excluding hydrogens is 316 g/mol. The summed E-state index contributed by atoms with van der Waals surface area (Å²) in [6, 6.07) is 11.3. The number of carbonyl (C=O) groups excluding carboxylic acids is 1. The second-order valence-corrected chi connectivity index (χ2v) is 6.65. The summed E-state index contributed by atoms with van der Waals surface area (Å²) in [5.74, 6) is 1.62. The summed E-state index contributed by atoms with van der Waals surface area (Å²) in [5.41, 5.74) is 0.757. The molecule has 2 fully saturated rings. The van der Waals surface area contributed by atoms with Gasteiger partial charge >= 0.3 is 0 Å². The van der Waals surface area contributed by atoms with Crippen LogP contribution in [0.25, 0.3) is 0 Å². The number of amides is 1. The summed E-state index contributed by atoms with van der Waals surface area (Å²) >= 11 is 0. The van der Waals surface area contributed by atoms with E-state index >= 15 is 0 Å². The van der Waals surface area contributed by atoms with Crippen molar-refractivity contribution in [3.05, 3.63) is 54.4 Å². The van der Waals surface area contributed by atoms with E-state index in [4.69, 9.17) is 4.74 Å². The molecule has 4 rings (SSSR count). The fraction of sp³-hybridized carbons (Fsp3) is 0.421. The molecule has 25 heavy (non-hydrogen) atoms. The van der Waals surface area contributed by atoms with E-state index in [0.717, 1.165) is 31.7 Å². The lowest BCUT2D eigenvalue weighted by atomic mass is 9.84. The Morgan fingerprint density at radius 1 is 1.20 bits per heavy atom. The molecule has 2 aromatic rings. The van der Waals surface area contributed by atoms with Crippen molar-refractivity contribution in [3.8, 4) is 0 Å². The van der Waals surface area contributed by atoms with Crippen LogP contribution in [0.3, 0.4) is 0 Å². The molecule has 130 valence electrons. The monoisotopic (exact) mass is 338 g/mol. The first-order valence-corrected chi connectivity index (χ1v) is 8.78. The lowest BCUT2D eigenvalue weighted by Crippen LogP contribution is -2.46. The average molecular weight is 338 g/mol. The van der Waals surface area contributed by atoms with Gasteiger partial charge in [-0.3, -0.25) is 4.79 Å². The predicted molar refractivity (Wildman–Crippen MR) is 94.2 cm³/mol. The Morgan fingerprint density at radius 2 is 2.00 bits per heavy atom. The van der Waals surface area contributed by atoms with Crippen molar-refractivity contribution in [1.29, 1.82) is 0 Å². The van der Waals surface area contributed by atoms with Gasteiger partial charge in [-0.25, -0.2) is 9.97 Å². The van der Waals surface area contributed by atoms with Crippen LogP contribution in [-0.2, 0) is 4.74 Å². The highest BCUT2D eigenvalue weighted by Gasteiger charge is 2.41. The van der Waals surface area contributed by atoms with Crippen LogP contribution in [-0.4, -0.2) is 53.1 Å². The number of carbonyl (C=O) groups is 1. The molecule has 0 spiro atoms. The molecule has 0 aliphatic carbocycles. The van der Waals surface area contributed by atoms with E-state index in [0.29, 0.717) is 24.3 Å². The summed E-state index contributed by atoms with van der Waals surface area (Å²) in [6.07, 6.45) is 4.52. The highest BCUT2D eigenvalue weighted by molar-refractivity contribution is 5.94. The van der Waals surface area contributed by atoms with Gasteiger partial charge in [-0.05, 0) is 30.5 Å². The summed E-state index contributed by atoms with van der Waals surface area (Å²) in [4.78, 5) is 23.1. The third-order valence-electron chi connectivity index (χ3n) is 5.14. The number of benzene rings is 1. The van der Waals surface area contributed by atoms with Crippen molar-refractivity contribution in [2.75, 3.05) is 31.6 Å². The van der Waals surface area contributed by atoms with E-state index in [1.54, 1.807) is 18.5 Å². The number of hydrogen-bond acceptors (Lipinski definition) is 5. The van der Waals surface area contributed by atoms with Crippen LogP contribution in [0, 0.1) is 11.8 Å². The number of piperidine rings is 1. The van der Waals surface area contributed by atoms with E-state index in [2.05, 4.69) is 15.3 Å². The molecule has 1 aromatic carbocycles. The van der Waals surface area contributed by atoms with E-state index < -0.39 is 0 Å². The standard InChI is InChI=1S/C19H22N4O2/c24-18(14-5-2-1-3-6-14)23-10-7-15-13-25-17(16(15)12-23)11-22-19-20-8-4-9-21-19/h1-6,8-9,15-17H,7,10-13H2,(H,20,21,22)/t15-,16-,17+/m1/s1. The molecule has 3 heterocycles. The normalized spacial score (nSPS) is 25.4. The number of fused-ring (bicyclic) bond motifs is 1. The van der Waals surface area contributed by atoms with Gasteiger partial charge in [0.1, 0.15) is 0 Å². The Balaban J connectivity index is 1.39. The Hall–Kier alpha value is -2.47. The Morgan fingerprint density at radius 3 is 2.80 bits per heavy atom. The topological polar surface area (TPSA) is 67.3 Å². The number of rotatable bonds is 4. The molecule has 0 bridgehead atoms. The molecular formula is C19H22N4O2. The van der Waals surface area contributed by atoms with E-state index in [9.17, 15) is 4.79 Å². The summed E-state index contributed by atoms with van der Waals surface area (Å²) < 4.78 is 6.00. The summed E-state index contributed by atoms with van der Waals surface area (Å²) in [5, 5.41) is 3.24. The fourth-order valence-electron chi connectivity index (χ4n) is 3.77. The van der Waals surface area contributed by atoms with Gasteiger partial charge in [0.15, 0.2) is 0 Å². The molecule has 1 aromatic heterocycles. The van der Waals surface area contributed by atoms with Gasteiger partial charge in [0.2, 0.25) is 5.95 Å². The van der Waals surface area contributed by atoms with Crippen molar-refractivity contribution in [2.24, 2.45) is 11.8 Å². The lowest BCUT2D eigenvalue weighted by Gasteiger charge is -2.36. The number of nitrogens with zero attached hydrogens (tertiary/aromatic N) is 3. The molecule has 6 heteroatoms. The third kappa shape index (κ3) is 3.49. The fourth-order valence-corrected chi connectivity index (χ4v) is 3.77. The van der Waals surface area contributed by atoms with Gasteiger partial charge in [0, 0.05) is 43.5 Å². The molecule has 1 amide bonds. The maximum atomic E-state index is 12.7. The quantitative estimate of drug-likeness (QED) is 0.924. The lowest BCUT2D eigenvalue weighted by molar-refractivity contribution is 0.0576. The van der Waals surface area contributed by atoms with Gasteiger partial charge in [0.05, 0.1) is 12.7 Å². The van der Waals surface area contributed by atoms with Crippen LogP contribution in [0.4, 0.5) is 5.95 Å². The maximum absolute atomic E-state index is 12.7. The van der Waals surface area contributed by atoms with Crippen molar-refractivity contribution in [1.82, 2.24) is 14.9 Å². The Kier molecular flexibility index (Phi) is 4.61. The van der Waals surface area contributed by atoms with Crippen LogP contribution in [0.5, 0.6) is 0 Å². The number of aromatic nitrogens is 2. The number of ether oxygens (including phenoxy) is 1. The van der Waals surface area contributed by atoms with Crippen LogP contribution >= 0.6 is 0 Å². The number of likely N-dealkylation sites (tertiary alicyclic amines) is 1. The van der Waals surface area contributed by atoms with Crippen molar-refractivity contribution >= 4 is 11.9 Å². The Labute approximate surface area is 147 Å². The molecule has 1 N–H and O–H groups in total. The van der Waals surface area contributed by atoms with Crippen molar-refractivity contribution in [2.45, 2.75) is 12.5 Å².